The number of nitrogens with zero attached hydrogens (tertiary/aromatic N) is 2. The van der Waals surface area contributed by atoms with Gasteiger partial charge in [0.25, 0.3) is 0 Å². The Morgan fingerprint density at radius 1 is 1.48 bits per heavy atom. The van der Waals surface area contributed by atoms with Crippen LogP contribution in [0.15, 0.2) is 6.20 Å². The second-order valence-corrected chi connectivity index (χ2v) is 4.83. The van der Waals surface area contributed by atoms with E-state index in [9.17, 15) is 22.7 Å². The van der Waals surface area contributed by atoms with Gasteiger partial charge in [-0.25, -0.2) is 4.39 Å². The average Bonchev–Trinajstić information content (AvgIpc) is 2.70. The summed E-state index contributed by atoms with van der Waals surface area (Å²) < 4.78 is 57.7. The Labute approximate surface area is 120 Å². The molecule has 2 rings (SSSR count). The number of aliphatic hydroxyl groups is 2. The molecule has 21 heavy (non-hydrogen) atoms. The van der Waals surface area contributed by atoms with Gasteiger partial charge in [0.2, 0.25) is 4.77 Å². The van der Waals surface area contributed by atoms with Gasteiger partial charge in [-0.2, -0.15) is 18.2 Å². The van der Waals surface area contributed by atoms with Crippen LogP contribution in [-0.2, 0) is 4.74 Å². The first-order valence-corrected chi connectivity index (χ1v) is 6.13. The summed E-state index contributed by atoms with van der Waals surface area (Å²) in [5, 5.41) is 18.6. The molecular weight excluding hydrogens is 318 g/mol. The number of nitrogens with two attached hydrogens (primary N) is 1. The van der Waals surface area contributed by atoms with Crippen molar-refractivity contribution in [3.63, 3.8) is 0 Å². The van der Waals surface area contributed by atoms with E-state index < -0.39 is 53.5 Å². The zero-order valence-corrected chi connectivity index (χ0v) is 11.1. The molecule has 4 N–H and O–H groups in total. The molecule has 118 valence electrons. The summed E-state index contributed by atoms with van der Waals surface area (Å²) in [4.78, 5) is 3.40. The summed E-state index contributed by atoms with van der Waals surface area (Å²) >= 11 is 4.74. The number of anilines is 1. The summed E-state index contributed by atoms with van der Waals surface area (Å²) in [5.74, 6) is -4.02. The van der Waals surface area contributed by atoms with Crippen LogP contribution in [0.5, 0.6) is 0 Å². The van der Waals surface area contributed by atoms with Crippen LogP contribution in [0.3, 0.4) is 0 Å². The van der Waals surface area contributed by atoms with E-state index in [1.54, 1.807) is 0 Å². The molecule has 0 aromatic carbocycles. The van der Waals surface area contributed by atoms with Crippen molar-refractivity contribution in [3.05, 3.63) is 16.8 Å². The van der Waals surface area contributed by atoms with Crippen molar-refractivity contribution < 1.29 is 32.5 Å². The van der Waals surface area contributed by atoms with E-state index in [2.05, 4.69) is 4.98 Å². The molecule has 4 atom stereocenters. The molecule has 2 heterocycles. The predicted molar refractivity (Wildman–Crippen MR) is 64.0 cm³/mol. The summed E-state index contributed by atoms with van der Waals surface area (Å²) in [7, 11) is 0. The first-order chi connectivity index (χ1) is 9.66. The number of ether oxygens (including phenoxy) is 1. The Morgan fingerprint density at radius 3 is 2.62 bits per heavy atom. The Kier molecular flexibility index (Phi) is 4.19. The molecule has 1 saturated heterocycles. The van der Waals surface area contributed by atoms with E-state index in [0.29, 0.717) is 10.8 Å². The van der Waals surface area contributed by atoms with Crippen LogP contribution in [0.1, 0.15) is 6.23 Å². The average molecular weight is 329 g/mol. The lowest BCUT2D eigenvalue weighted by molar-refractivity contribution is -0.211. The summed E-state index contributed by atoms with van der Waals surface area (Å²) in [6, 6.07) is 0. The molecule has 1 aromatic heterocycles. The third-order valence-electron chi connectivity index (χ3n) is 3.14. The molecule has 6 nitrogen and oxygen atoms in total. The number of aromatic nitrogens is 2. The van der Waals surface area contributed by atoms with E-state index in [-0.39, 0.29) is 0 Å². The van der Waals surface area contributed by atoms with Crippen LogP contribution in [-0.4, -0.2) is 44.8 Å². The second kappa shape index (κ2) is 5.48. The Morgan fingerprint density at radius 2 is 2.10 bits per heavy atom. The highest BCUT2D eigenvalue weighted by Gasteiger charge is 2.58. The molecule has 1 aromatic rings. The van der Waals surface area contributed by atoms with Crippen molar-refractivity contribution in [3.8, 4) is 0 Å². The molecule has 0 spiro atoms. The number of halogens is 4. The molecule has 0 saturated carbocycles. The fourth-order valence-electron chi connectivity index (χ4n) is 2.13. The van der Waals surface area contributed by atoms with Gasteiger partial charge in [-0.15, -0.1) is 0 Å². The monoisotopic (exact) mass is 329 g/mol. The number of alkyl halides is 3. The SMILES string of the molecule is Nc1nc(=S)n(C2OC(CO)C(O)C2C(F)(F)F)cc1F. The van der Waals surface area contributed by atoms with Crippen molar-refractivity contribution in [1.82, 2.24) is 9.55 Å². The molecule has 11 heteroatoms. The minimum Gasteiger partial charge on any atom is -0.394 e. The highest BCUT2D eigenvalue weighted by molar-refractivity contribution is 7.71. The van der Waals surface area contributed by atoms with Crippen molar-refractivity contribution in [2.75, 3.05) is 12.3 Å². The number of hydrogen-bond donors (Lipinski definition) is 3. The first kappa shape index (κ1) is 16.1. The molecule has 4 unspecified atom stereocenters. The van der Waals surface area contributed by atoms with Gasteiger partial charge in [-0.3, -0.25) is 4.57 Å². The van der Waals surface area contributed by atoms with Gasteiger partial charge in [0.05, 0.1) is 12.7 Å². The third kappa shape index (κ3) is 2.86. The van der Waals surface area contributed by atoms with Crippen LogP contribution < -0.4 is 5.73 Å². The number of rotatable bonds is 2. The highest BCUT2D eigenvalue weighted by atomic mass is 32.1. The minimum atomic E-state index is -4.85. The van der Waals surface area contributed by atoms with Crippen LogP contribution in [0.25, 0.3) is 0 Å². The molecule has 1 aliphatic rings. The maximum Gasteiger partial charge on any atom is 0.398 e. The van der Waals surface area contributed by atoms with Gasteiger partial charge in [-0.1, -0.05) is 0 Å². The van der Waals surface area contributed by atoms with Gasteiger partial charge in [-0.05, 0) is 12.2 Å². The van der Waals surface area contributed by atoms with Crippen molar-refractivity contribution in [2.24, 2.45) is 5.92 Å². The third-order valence-corrected chi connectivity index (χ3v) is 3.44. The molecule has 1 aliphatic heterocycles. The van der Waals surface area contributed by atoms with Gasteiger partial charge in [0.1, 0.15) is 12.0 Å². The number of aliphatic hydroxyl groups excluding tert-OH is 2. The molecule has 0 aliphatic carbocycles. The van der Waals surface area contributed by atoms with Crippen LogP contribution >= 0.6 is 12.2 Å². The van der Waals surface area contributed by atoms with E-state index in [1.165, 1.54) is 0 Å². The van der Waals surface area contributed by atoms with Crippen molar-refractivity contribution in [1.29, 1.82) is 0 Å². The lowest BCUT2D eigenvalue weighted by Crippen LogP contribution is -2.39. The fourth-order valence-corrected chi connectivity index (χ4v) is 2.38. The lowest BCUT2D eigenvalue weighted by Gasteiger charge is -2.24. The fraction of sp³-hybridized carbons (Fsp3) is 0.600. The first-order valence-electron chi connectivity index (χ1n) is 5.72. The van der Waals surface area contributed by atoms with Crippen LogP contribution in [0.4, 0.5) is 23.4 Å². The smallest absolute Gasteiger partial charge is 0.394 e. The maximum absolute atomic E-state index is 13.4. The second-order valence-electron chi connectivity index (χ2n) is 4.47. The molecule has 0 bridgehead atoms. The molecule has 0 amide bonds. The van der Waals surface area contributed by atoms with E-state index >= 15 is 0 Å². The quantitative estimate of drug-likeness (QED) is 0.548. The van der Waals surface area contributed by atoms with Crippen molar-refractivity contribution in [2.45, 2.75) is 24.6 Å². The highest BCUT2D eigenvalue weighted by Crippen LogP contribution is 2.44. The number of hydrogen-bond acceptors (Lipinski definition) is 6. The lowest BCUT2D eigenvalue weighted by atomic mass is 9.99. The Balaban J connectivity index is 2.51. The van der Waals surface area contributed by atoms with Crippen LogP contribution in [0, 0.1) is 16.5 Å². The molecule has 1 fully saturated rings. The summed E-state index contributed by atoms with van der Waals surface area (Å²) in [6.45, 7) is -0.831. The predicted octanol–water partition coefficient (Wildman–Crippen LogP) is 0.763. The molecular formula is C10H11F4N3O3S. The maximum atomic E-state index is 13.4. The summed E-state index contributed by atoms with van der Waals surface area (Å²) in [5.41, 5.74) is 5.17. The largest absolute Gasteiger partial charge is 0.398 e. The molecule has 0 radical (unpaired) electrons. The zero-order valence-electron chi connectivity index (χ0n) is 10.3. The Bertz CT molecular complexity index is 594. The standard InChI is InChI=1S/C10H11F4N3O3S/c11-3-1-17(9(21)16-7(3)15)8-5(10(12,13)14)6(19)4(2-18)20-8/h1,4-6,8,18-19H,2H2,(H2,15,16,21). The number of nitrogen functional groups attached to an aromatic ring is 1. The van der Waals surface area contributed by atoms with Gasteiger partial charge in [0, 0.05) is 6.20 Å². The zero-order chi connectivity index (χ0) is 15.9. The van der Waals surface area contributed by atoms with E-state index in [1.807, 2.05) is 0 Å². The van der Waals surface area contributed by atoms with E-state index in [4.69, 9.17) is 27.8 Å². The van der Waals surface area contributed by atoms with Gasteiger partial charge >= 0.3 is 6.18 Å². The Hall–Kier alpha value is -1.30. The van der Waals surface area contributed by atoms with Gasteiger partial charge < -0.3 is 20.7 Å². The minimum absolute atomic E-state index is 0.432. The van der Waals surface area contributed by atoms with Crippen molar-refractivity contribution >= 4 is 18.0 Å². The van der Waals surface area contributed by atoms with E-state index in [0.717, 1.165) is 0 Å². The summed E-state index contributed by atoms with van der Waals surface area (Å²) in [6.07, 6.45) is -9.54. The van der Waals surface area contributed by atoms with Crippen LogP contribution in [0.2, 0.25) is 0 Å². The van der Waals surface area contributed by atoms with Gasteiger partial charge in [0.15, 0.2) is 17.9 Å². The normalized spacial score (nSPS) is 29.8. The topological polar surface area (TPSA) is 93.5 Å².